The first-order chi connectivity index (χ1) is 50.9. The van der Waals surface area contributed by atoms with Gasteiger partial charge < -0.3 is 102 Å². The number of anilines is 1. The molecule has 3 aromatic rings. The molecule has 2 aliphatic rings. The van der Waals surface area contributed by atoms with E-state index in [1.165, 1.54) is 16.7 Å². The number of amides is 11. The Morgan fingerprint density at radius 3 is 1.57 bits per heavy atom. The number of nitro groups is 2. The highest BCUT2D eigenvalue weighted by Crippen LogP contribution is 2.30. The van der Waals surface area contributed by atoms with Gasteiger partial charge in [0.1, 0.15) is 66.1 Å². The van der Waals surface area contributed by atoms with Crippen LogP contribution < -0.4 is 82.3 Å². The van der Waals surface area contributed by atoms with Crippen molar-refractivity contribution in [1.82, 2.24) is 57.3 Å². The van der Waals surface area contributed by atoms with Crippen molar-refractivity contribution in [1.29, 1.82) is 0 Å². The molecule has 0 aliphatic carbocycles. The Morgan fingerprint density at radius 1 is 0.579 bits per heavy atom. The first kappa shape index (κ1) is 86.5. The van der Waals surface area contributed by atoms with Gasteiger partial charge >= 0.3 is 5.97 Å². The van der Waals surface area contributed by atoms with Gasteiger partial charge in [-0.15, -0.1) is 0 Å². The number of H-pyrrole nitrogens is 1. The van der Waals surface area contributed by atoms with Gasteiger partial charge in [0.2, 0.25) is 65.0 Å². The topological polar surface area (TPSA) is 623 Å². The highest BCUT2D eigenvalue weighted by molar-refractivity contribution is 6.02. The molecule has 2 fully saturated rings. The lowest BCUT2D eigenvalue weighted by molar-refractivity contribution is -0.393. The Kier molecular flexibility index (Phi) is 35.1. The van der Waals surface area contributed by atoms with Crippen molar-refractivity contribution in [2.75, 3.05) is 44.6 Å². The SMILES string of the molecule is CCC[C@H](NC(=O)[C@H](CCC(=O)O)NC(=O)[C@@H](NC(=O)[C@@H]1CCCN1C(=O)[C@H](CCCCN)NC(=O)[C@@H]1CCCN1C(=O)[C@H](CCCN=C(N)N)NC(C)=O)C(C)C)C(=O)N[C@@H](Cc1c[nH]c2ccccc12)C(=O)N[C@@H](CCCN=C(N)N)C(=O)N[C@@H](CCCCN)C(=O)Nc1ccc([N+](=O)[O-])cc1[N+](=O)[O-]. The van der Waals surface area contributed by atoms with Gasteiger partial charge in [-0.05, 0) is 139 Å². The average molecular weight is 1500 g/mol. The van der Waals surface area contributed by atoms with E-state index in [1.807, 2.05) is 0 Å². The summed E-state index contributed by atoms with van der Waals surface area (Å²) >= 11 is 0. The molecule has 2 aliphatic heterocycles. The third kappa shape index (κ3) is 27.1. The van der Waals surface area contributed by atoms with E-state index in [0.29, 0.717) is 61.1 Å². The van der Waals surface area contributed by atoms with Crippen molar-refractivity contribution in [3.8, 4) is 0 Å². The minimum atomic E-state index is -1.67. The van der Waals surface area contributed by atoms with E-state index in [-0.39, 0.29) is 122 Å². The fourth-order valence-electron chi connectivity index (χ4n) is 12.6. The van der Waals surface area contributed by atoms with Crippen LogP contribution in [0.4, 0.5) is 17.1 Å². The molecule has 3 heterocycles. The van der Waals surface area contributed by atoms with Crippen LogP contribution in [-0.2, 0) is 64.0 Å². The van der Waals surface area contributed by atoms with Gasteiger partial charge in [-0.2, -0.15) is 0 Å². The maximum Gasteiger partial charge on any atom is 0.303 e. The summed E-state index contributed by atoms with van der Waals surface area (Å²) in [6.07, 6.45) is 3.32. The number of aliphatic carboxylic acids is 1. The predicted molar refractivity (Wildman–Crippen MR) is 393 cm³/mol. The number of likely N-dealkylation sites (tertiary alicyclic amines) is 2. The fourth-order valence-corrected chi connectivity index (χ4v) is 12.6. The number of hydrogen-bond acceptors (Lipinski definition) is 20. The van der Waals surface area contributed by atoms with Gasteiger partial charge in [0.05, 0.1) is 15.9 Å². The van der Waals surface area contributed by atoms with Crippen molar-refractivity contribution in [3.63, 3.8) is 0 Å². The number of guanidine groups is 2. The lowest BCUT2D eigenvalue weighted by Crippen LogP contribution is -2.61. The maximum absolute atomic E-state index is 15.0. The number of nitro benzene ring substituents is 2. The molecule has 0 unspecified atom stereocenters. The number of carbonyl (C=O) groups is 12. The van der Waals surface area contributed by atoms with E-state index in [1.54, 1.807) is 51.2 Å². The van der Waals surface area contributed by atoms with E-state index in [2.05, 4.69) is 62.8 Å². The quantitative estimate of drug-likeness (QED) is 0.0103. The van der Waals surface area contributed by atoms with Crippen molar-refractivity contribution in [2.45, 2.75) is 210 Å². The highest BCUT2D eigenvalue weighted by Gasteiger charge is 2.43. The van der Waals surface area contributed by atoms with E-state index in [0.717, 1.165) is 12.1 Å². The first-order valence-electron chi connectivity index (χ1n) is 35.9. The number of nitrogens with two attached hydrogens (primary N) is 6. The van der Waals surface area contributed by atoms with Crippen LogP contribution in [0.5, 0.6) is 0 Å². The largest absolute Gasteiger partial charge is 0.481 e. The van der Waals surface area contributed by atoms with Crippen molar-refractivity contribution >= 4 is 111 Å². The molecule has 10 atom stereocenters. The molecule has 11 amide bonds. The molecule has 0 saturated carbocycles. The molecule has 2 aromatic carbocycles. The number of carbonyl (C=O) groups excluding carboxylic acids is 11. The number of fused-ring (bicyclic) bond motifs is 1. The molecular formula is C68H104N22O17. The molecular weight excluding hydrogens is 1400 g/mol. The van der Waals surface area contributed by atoms with Crippen LogP contribution >= 0.6 is 0 Å². The number of benzene rings is 2. The van der Waals surface area contributed by atoms with Gasteiger partial charge in [0.25, 0.3) is 11.4 Å². The molecule has 23 N–H and O–H groups in total. The molecule has 0 spiro atoms. The Balaban J connectivity index is 1.37. The lowest BCUT2D eigenvalue weighted by atomic mass is 10.0. The van der Waals surface area contributed by atoms with Crippen LogP contribution in [0.2, 0.25) is 0 Å². The molecule has 107 heavy (non-hydrogen) atoms. The number of hydrogen-bond donors (Lipinski definition) is 17. The van der Waals surface area contributed by atoms with Gasteiger partial charge in [0, 0.05) is 69.1 Å². The molecule has 1 aromatic heterocycles. The van der Waals surface area contributed by atoms with Gasteiger partial charge in [0.15, 0.2) is 11.9 Å². The number of aliphatic imine (C=N–C) groups is 2. The number of non-ortho nitro benzene ring substituents is 1. The molecule has 2 saturated heterocycles. The van der Waals surface area contributed by atoms with Crippen LogP contribution in [0.3, 0.4) is 0 Å². The zero-order chi connectivity index (χ0) is 79.0. The van der Waals surface area contributed by atoms with E-state index in [4.69, 9.17) is 34.4 Å². The van der Waals surface area contributed by atoms with E-state index in [9.17, 15) is 82.9 Å². The van der Waals surface area contributed by atoms with Gasteiger partial charge in [-0.3, -0.25) is 87.7 Å². The molecule has 0 radical (unpaired) electrons. The second kappa shape index (κ2) is 43.4. The summed E-state index contributed by atoms with van der Waals surface area (Å²) in [6, 6.07) is -3.88. The molecule has 39 heteroatoms. The summed E-state index contributed by atoms with van der Waals surface area (Å²) in [5, 5.41) is 57.8. The molecule has 588 valence electrons. The molecule has 39 nitrogen and oxygen atoms in total. The van der Waals surface area contributed by atoms with Crippen LogP contribution in [0.25, 0.3) is 10.9 Å². The molecule has 0 bridgehead atoms. The third-order valence-electron chi connectivity index (χ3n) is 18.1. The highest BCUT2D eigenvalue weighted by atomic mass is 16.6. The summed E-state index contributed by atoms with van der Waals surface area (Å²) in [7, 11) is 0. The number of aromatic amines is 1. The number of aromatic nitrogens is 1. The second-order valence-electron chi connectivity index (χ2n) is 26.7. The monoisotopic (exact) mass is 1500 g/mol. The smallest absolute Gasteiger partial charge is 0.303 e. The Hall–Kier alpha value is -11.1. The number of unbranched alkanes of at least 4 members (excludes halogenated alkanes) is 2. The summed E-state index contributed by atoms with van der Waals surface area (Å²) in [5.41, 5.74) is 32.9. The maximum atomic E-state index is 15.0. The number of carboxylic acid groups (broad SMARTS) is 1. The average Bonchev–Trinajstić information content (AvgIpc) is 1.67. The molecule has 5 rings (SSSR count). The number of para-hydroxylation sites is 1. The fraction of sp³-hybridized carbons (Fsp3) is 0.588. The Labute approximate surface area is 617 Å². The zero-order valence-corrected chi connectivity index (χ0v) is 60.8. The van der Waals surface area contributed by atoms with Crippen LogP contribution in [0.1, 0.15) is 149 Å². The number of carboxylic acids is 1. The van der Waals surface area contributed by atoms with E-state index >= 15 is 0 Å². The summed E-state index contributed by atoms with van der Waals surface area (Å²) in [5.74, 6) is -11.2. The van der Waals surface area contributed by atoms with Crippen molar-refractivity contribution in [3.05, 3.63) is 74.5 Å². The van der Waals surface area contributed by atoms with Crippen LogP contribution in [0, 0.1) is 26.1 Å². The van der Waals surface area contributed by atoms with Crippen molar-refractivity contribution in [2.24, 2.45) is 50.3 Å². The van der Waals surface area contributed by atoms with Crippen LogP contribution in [-0.4, -0.2) is 212 Å². The van der Waals surface area contributed by atoms with Gasteiger partial charge in [-0.1, -0.05) is 45.4 Å². The number of nitrogens with zero attached hydrogens (tertiary/aromatic N) is 6. The normalized spacial score (nSPS) is 16.2. The lowest BCUT2D eigenvalue weighted by Gasteiger charge is -2.32. The minimum absolute atomic E-state index is 0.0469. The van der Waals surface area contributed by atoms with Crippen LogP contribution in [0.15, 0.2) is 58.6 Å². The number of rotatable bonds is 45. The Bertz CT molecular complexity index is 3690. The first-order valence-corrected chi connectivity index (χ1v) is 35.9. The predicted octanol–water partition coefficient (Wildman–Crippen LogP) is -1.27. The second-order valence-corrected chi connectivity index (χ2v) is 26.7. The minimum Gasteiger partial charge on any atom is -0.481 e. The summed E-state index contributed by atoms with van der Waals surface area (Å²) < 4.78 is 0. The Morgan fingerprint density at radius 2 is 1.06 bits per heavy atom. The van der Waals surface area contributed by atoms with Gasteiger partial charge in [-0.25, -0.2) is 0 Å². The summed E-state index contributed by atoms with van der Waals surface area (Å²) in [6.45, 7) is 6.98. The third-order valence-corrected chi connectivity index (χ3v) is 18.1. The van der Waals surface area contributed by atoms with Crippen molar-refractivity contribution < 1.29 is 72.5 Å². The van der Waals surface area contributed by atoms with E-state index < -0.39 is 177 Å². The summed E-state index contributed by atoms with van der Waals surface area (Å²) in [4.78, 5) is 205. The number of nitrogens with one attached hydrogen (secondary N) is 10. The standard InChI is InChI=1S/C68H104N22O17/c1-5-16-45(57(94)85-51(35-40-37-77-43-18-7-6-17-42(40)43)61(98)82-47(21-12-31-75-67(71)72)59(96)81-46(19-8-10-29-69)58(95)79-44-26-25-41(89(104)105)36-54(44)90(106)107)80-60(97)48(27-28-55(92)93)83-64(101)56(38(2)3)86-63(100)53-24-15-34-88(53)66(103)50(20-9-11-30-70)84-62(99)52-23-14-33-87(52)65(102)49(78-39(4)91)22-13-32-76-68(73)74/h6-7,17-18,25-26,36-38,45-53,56,77H,5,8-16,19-24,27-35,69-70H2,1-4H3,(H,78,91)(H,79,95)(H,80,97)(H,81,96)(H,82,98)(H,83,101)(H,84,99)(H,85,94)(H,86,100)(H,92,93)(H4,71,72,75)(H4,73,74,76)/t45-,46-,47-,48-,49-,50-,51-,52-,53-,56-/m0/s1. The zero-order valence-electron chi connectivity index (χ0n) is 60.8.